The quantitative estimate of drug-likeness (QED) is 0.850. The Morgan fingerprint density at radius 2 is 2.11 bits per heavy atom. The largest absolute Gasteiger partial charge is 0.396 e. The Hall–Kier alpha value is -2.30. The first-order valence-electron chi connectivity index (χ1n) is 6.30. The van der Waals surface area contributed by atoms with Gasteiger partial charge in [-0.05, 0) is 17.5 Å². The second kappa shape index (κ2) is 6.04. The van der Waals surface area contributed by atoms with Crippen molar-refractivity contribution in [3.05, 3.63) is 47.8 Å². The van der Waals surface area contributed by atoms with Crippen LogP contribution in [0.4, 0.5) is 5.69 Å². The minimum absolute atomic E-state index is 0.0750. The average Bonchev–Trinajstić information content (AvgIpc) is 2.82. The number of nitrogens with two attached hydrogens (primary N) is 1. The van der Waals surface area contributed by atoms with E-state index in [9.17, 15) is 4.79 Å². The predicted octanol–water partition coefficient (Wildman–Crippen LogP) is 1.34. The maximum Gasteiger partial charge on any atom is 0.241 e. The third kappa shape index (κ3) is 3.58. The van der Waals surface area contributed by atoms with Crippen LogP contribution in [0, 0.1) is 0 Å². The summed E-state index contributed by atoms with van der Waals surface area (Å²) < 4.78 is 1.52. The van der Waals surface area contributed by atoms with Gasteiger partial charge in [0, 0.05) is 12.7 Å². The van der Waals surface area contributed by atoms with Crippen molar-refractivity contribution in [2.45, 2.75) is 26.4 Å². The lowest BCUT2D eigenvalue weighted by Crippen LogP contribution is -2.27. The molecule has 0 saturated heterocycles. The molecule has 0 unspecified atom stereocenters. The summed E-state index contributed by atoms with van der Waals surface area (Å²) in [6, 6.07) is 8.10. The molecule has 1 aromatic heterocycles. The molecule has 2 rings (SSSR count). The molecule has 0 fully saturated rings. The van der Waals surface area contributed by atoms with E-state index >= 15 is 0 Å². The fourth-order valence-electron chi connectivity index (χ4n) is 1.94. The lowest BCUT2D eigenvalue weighted by molar-refractivity contribution is -0.122. The van der Waals surface area contributed by atoms with E-state index in [2.05, 4.69) is 23.4 Å². The number of nitrogens with one attached hydrogen (secondary N) is 1. The van der Waals surface area contributed by atoms with Crippen LogP contribution >= 0.6 is 0 Å². The Labute approximate surface area is 112 Å². The summed E-state index contributed by atoms with van der Waals surface area (Å²) in [7, 11) is 0. The highest BCUT2D eigenvalue weighted by Gasteiger charge is 2.05. The number of anilines is 1. The first kappa shape index (κ1) is 13.1. The maximum absolute atomic E-state index is 11.8. The van der Waals surface area contributed by atoms with Crippen molar-refractivity contribution in [2.75, 3.05) is 5.73 Å². The summed E-state index contributed by atoms with van der Waals surface area (Å²) in [5, 5.41) is 6.87. The second-order valence-electron chi connectivity index (χ2n) is 4.37. The first-order valence-corrected chi connectivity index (χ1v) is 6.30. The Bertz CT molecular complexity index is 562. The lowest BCUT2D eigenvalue weighted by atomic mass is 10.1. The number of amides is 1. The molecule has 5 heteroatoms. The van der Waals surface area contributed by atoms with Crippen LogP contribution in [0.25, 0.3) is 0 Å². The topological polar surface area (TPSA) is 72.9 Å². The molecule has 5 nitrogen and oxygen atoms in total. The van der Waals surface area contributed by atoms with Crippen molar-refractivity contribution in [1.29, 1.82) is 0 Å². The zero-order valence-electron chi connectivity index (χ0n) is 11.0. The molecular weight excluding hydrogens is 240 g/mol. The van der Waals surface area contributed by atoms with Crippen molar-refractivity contribution < 1.29 is 4.79 Å². The van der Waals surface area contributed by atoms with E-state index in [1.165, 1.54) is 16.4 Å². The zero-order valence-corrected chi connectivity index (χ0v) is 11.0. The summed E-state index contributed by atoms with van der Waals surface area (Å²) in [5.41, 5.74) is 8.51. The molecule has 0 spiro atoms. The normalized spacial score (nSPS) is 10.4. The standard InChI is InChI=1S/C14H18N4O/c1-2-11-5-3-4-6-12(11)7-16-14(19)10-18-9-13(15)8-17-18/h3-6,8-9H,2,7,10,15H2,1H3,(H,16,19). The molecule has 0 aliphatic rings. The van der Waals surface area contributed by atoms with Crippen LogP contribution in [0.5, 0.6) is 0 Å². The van der Waals surface area contributed by atoms with Gasteiger partial charge in [0.05, 0.1) is 11.9 Å². The average molecular weight is 258 g/mol. The number of benzene rings is 1. The first-order chi connectivity index (χ1) is 9.19. The monoisotopic (exact) mass is 258 g/mol. The minimum Gasteiger partial charge on any atom is -0.396 e. The van der Waals surface area contributed by atoms with Gasteiger partial charge in [-0.15, -0.1) is 0 Å². The fourth-order valence-corrected chi connectivity index (χ4v) is 1.94. The Morgan fingerprint density at radius 3 is 2.74 bits per heavy atom. The number of aromatic nitrogens is 2. The predicted molar refractivity (Wildman–Crippen MR) is 74.3 cm³/mol. The van der Waals surface area contributed by atoms with Crippen LogP contribution in [0.2, 0.25) is 0 Å². The molecule has 1 aromatic carbocycles. The van der Waals surface area contributed by atoms with Gasteiger partial charge in [-0.2, -0.15) is 5.10 Å². The molecule has 0 atom stereocenters. The van der Waals surface area contributed by atoms with Gasteiger partial charge in [-0.3, -0.25) is 9.48 Å². The Kier molecular flexibility index (Phi) is 4.18. The van der Waals surface area contributed by atoms with Crippen LogP contribution in [-0.4, -0.2) is 15.7 Å². The van der Waals surface area contributed by atoms with Gasteiger partial charge in [-0.25, -0.2) is 0 Å². The van der Waals surface area contributed by atoms with Crippen LogP contribution < -0.4 is 11.1 Å². The number of nitrogen functional groups attached to an aromatic ring is 1. The maximum atomic E-state index is 11.8. The van der Waals surface area contributed by atoms with E-state index in [1.54, 1.807) is 6.20 Å². The third-order valence-electron chi connectivity index (χ3n) is 2.93. The van der Waals surface area contributed by atoms with Crippen LogP contribution in [0.1, 0.15) is 18.1 Å². The Balaban J connectivity index is 1.89. The molecule has 100 valence electrons. The van der Waals surface area contributed by atoms with E-state index in [1.807, 2.05) is 18.2 Å². The molecule has 0 aliphatic carbocycles. The number of carbonyl (C=O) groups excluding carboxylic acids is 1. The number of carbonyl (C=O) groups is 1. The Morgan fingerprint density at radius 1 is 1.37 bits per heavy atom. The summed E-state index contributed by atoms with van der Waals surface area (Å²) in [5.74, 6) is -0.0750. The third-order valence-corrected chi connectivity index (χ3v) is 2.93. The molecule has 19 heavy (non-hydrogen) atoms. The van der Waals surface area contributed by atoms with Crippen molar-refractivity contribution in [3.63, 3.8) is 0 Å². The van der Waals surface area contributed by atoms with Crippen LogP contribution in [-0.2, 0) is 24.3 Å². The van der Waals surface area contributed by atoms with Gasteiger partial charge in [0.2, 0.25) is 5.91 Å². The van der Waals surface area contributed by atoms with E-state index in [4.69, 9.17) is 5.73 Å². The van der Waals surface area contributed by atoms with Gasteiger partial charge in [0.25, 0.3) is 0 Å². The highest BCUT2D eigenvalue weighted by Crippen LogP contribution is 2.08. The van der Waals surface area contributed by atoms with Gasteiger partial charge in [0.1, 0.15) is 6.54 Å². The minimum atomic E-state index is -0.0750. The van der Waals surface area contributed by atoms with Crippen molar-refractivity contribution in [1.82, 2.24) is 15.1 Å². The van der Waals surface area contributed by atoms with E-state index in [0.29, 0.717) is 12.2 Å². The van der Waals surface area contributed by atoms with Crippen molar-refractivity contribution >= 4 is 11.6 Å². The van der Waals surface area contributed by atoms with Gasteiger partial charge in [-0.1, -0.05) is 31.2 Å². The SMILES string of the molecule is CCc1ccccc1CNC(=O)Cn1cc(N)cn1. The summed E-state index contributed by atoms with van der Waals surface area (Å²) in [4.78, 5) is 11.8. The van der Waals surface area contributed by atoms with Crippen molar-refractivity contribution in [3.8, 4) is 0 Å². The smallest absolute Gasteiger partial charge is 0.241 e. The molecule has 0 saturated carbocycles. The van der Waals surface area contributed by atoms with Gasteiger partial charge >= 0.3 is 0 Å². The lowest BCUT2D eigenvalue weighted by Gasteiger charge is -2.09. The van der Waals surface area contributed by atoms with Gasteiger partial charge in [0.15, 0.2) is 0 Å². The van der Waals surface area contributed by atoms with Crippen LogP contribution in [0.3, 0.4) is 0 Å². The molecule has 2 aromatic rings. The number of hydrogen-bond acceptors (Lipinski definition) is 3. The molecule has 3 N–H and O–H groups in total. The van der Waals surface area contributed by atoms with Gasteiger partial charge < -0.3 is 11.1 Å². The highest BCUT2D eigenvalue weighted by molar-refractivity contribution is 5.75. The molecule has 1 amide bonds. The molecule has 0 radical (unpaired) electrons. The second-order valence-corrected chi connectivity index (χ2v) is 4.37. The molecule has 1 heterocycles. The van der Waals surface area contributed by atoms with E-state index < -0.39 is 0 Å². The number of rotatable bonds is 5. The summed E-state index contributed by atoms with van der Waals surface area (Å²) in [6.07, 6.45) is 4.13. The molecule has 0 aliphatic heterocycles. The number of hydrogen-bond donors (Lipinski definition) is 2. The van der Waals surface area contributed by atoms with Crippen LogP contribution in [0.15, 0.2) is 36.7 Å². The van der Waals surface area contributed by atoms with E-state index in [0.717, 1.165) is 12.0 Å². The summed E-state index contributed by atoms with van der Waals surface area (Å²) >= 11 is 0. The number of nitrogens with zero attached hydrogens (tertiary/aromatic N) is 2. The molecular formula is C14H18N4O. The fraction of sp³-hybridized carbons (Fsp3) is 0.286. The van der Waals surface area contributed by atoms with E-state index in [-0.39, 0.29) is 12.5 Å². The van der Waals surface area contributed by atoms with Crippen molar-refractivity contribution in [2.24, 2.45) is 0 Å². The summed E-state index contributed by atoms with van der Waals surface area (Å²) in [6.45, 7) is 2.83. The zero-order chi connectivity index (χ0) is 13.7. The molecule has 0 bridgehead atoms. The highest BCUT2D eigenvalue weighted by atomic mass is 16.2. The number of aryl methyl sites for hydroxylation is 1.